The smallest absolute Gasteiger partial charge is 0.251 e. The Bertz CT molecular complexity index is 898. The van der Waals surface area contributed by atoms with Crippen LogP contribution in [0.1, 0.15) is 10.4 Å². The second-order valence-electron chi connectivity index (χ2n) is 5.02. The largest absolute Gasteiger partial charge is 0.343 e. The molecule has 0 radical (unpaired) electrons. The summed E-state index contributed by atoms with van der Waals surface area (Å²) in [5.41, 5.74) is 1.41. The summed E-state index contributed by atoms with van der Waals surface area (Å²) in [6.07, 6.45) is 0. The summed E-state index contributed by atoms with van der Waals surface area (Å²) in [5, 5.41) is 14.3. The van der Waals surface area contributed by atoms with Crippen LogP contribution in [0.15, 0.2) is 59.1 Å². The molecule has 8 heteroatoms. The van der Waals surface area contributed by atoms with Crippen molar-refractivity contribution < 1.29 is 9.59 Å². The van der Waals surface area contributed by atoms with Gasteiger partial charge in [-0.3, -0.25) is 14.9 Å². The molecule has 25 heavy (non-hydrogen) atoms. The second-order valence-corrected chi connectivity index (χ2v) is 6.91. The van der Waals surface area contributed by atoms with Gasteiger partial charge in [0.1, 0.15) is 5.01 Å². The first-order valence-electron chi connectivity index (χ1n) is 7.34. The van der Waals surface area contributed by atoms with Gasteiger partial charge < -0.3 is 5.32 Å². The number of halogens is 1. The zero-order valence-corrected chi connectivity index (χ0v) is 15.3. The third kappa shape index (κ3) is 4.71. The summed E-state index contributed by atoms with van der Waals surface area (Å²) in [5.74, 6) is -0.683. The molecule has 0 aliphatic heterocycles. The molecule has 0 atom stereocenters. The van der Waals surface area contributed by atoms with Crippen LogP contribution in [-0.2, 0) is 4.79 Å². The fourth-order valence-electron chi connectivity index (χ4n) is 2.03. The van der Waals surface area contributed by atoms with Gasteiger partial charge in [0.05, 0.1) is 6.54 Å². The molecule has 2 amide bonds. The van der Waals surface area contributed by atoms with Crippen molar-refractivity contribution in [1.82, 2.24) is 15.5 Å². The highest BCUT2D eigenvalue weighted by atomic mass is 79.9. The summed E-state index contributed by atoms with van der Waals surface area (Å²) in [6, 6.07) is 16.5. The topological polar surface area (TPSA) is 84.0 Å². The maximum atomic E-state index is 12.0. The van der Waals surface area contributed by atoms with Gasteiger partial charge in [-0.1, -0.05) is 63.7 Å². The van der Waals surface area contributed by atoms with Crippen LogP contribution in [0, 0.1) is 0 Å². The van der Waals surface area contributed by atoms with Gasteiger partial charge in [0.2, 0.25) is 11.0 Å². The lowest BCUT2D eigenvalue weighted by Crippen LogP contribution is -2.32. The Hall–Kier alpha value is -2.58. The van der Waals surface area contributed by atoms with Gasteiger partial charge in [0, 0.05) is 15.6 Å². The van der Waals surface area contributed by atoms with Crippen molar-refractivity contribution in [1.29, 1.82) is 0 Å². The molecule has 3 aromatic rings. The summed E-state index contributed by atoms with van der Waals surface area (Å²) < 4.78 is 0.798. The molecule has 1 aromatic heterocycles. The van der Waals surface area contributed by atoms with Crippen LogP contribution < -0.4 is 10.6 Å². The molecule has 0 bridgehead atoms. The first-order valence-corrected chi connectivity index (χ1v) is 8.95. The Labute approximate surface area is 156 Å². The number of hydrogen-bond acceptors (Lipinski definition) is 5. The molecule has 0 saturated heterocycles. The summed E-state index contributed by atoms with van der Waals surface area (Å²) in [6.45, 7) is -0.147. The Morgan fingerprint density at radius 3 is 2.60 bits per heavy atom. The van der Waals surface area contributed by atoms with Crippen molar-refractivity contribution in [2.75, 3.05) is 11.9 Å². The molecule has 6 nitrogen and oxygen atoms in total. The zero-order valence-electron chi connectivity index (χ0n) is 12.9. The second kappa shape index (κ2) is 8.00. The Morgan fingerprint density at radius 2 is 1.84 bits per heavy atom. The van der Waals surface area contributed by atoms with Gasteiger partial charge >= 0.3 is 0 Å². The molecule has 0 aliphatic carbocycles. The predicted octanol–water partition coefficient (Wildman–Crippen LogP) is 3.34. The molecule has 1 heterocycles. The average molecular weight is 417 g/mol. The highest BCUT2D eigenvalue weighted by molar-refractivity contribution is 9.10. The van der Waals surface area contributed by atoms with Crippen LogP contribution in [0.3, 0.4) is 0 Å². The van der Waals surface area contributed by atoms with E-state index in [0.717, 1.165) is 10.0 Å². The quantitative estimate of drug-likeness (QED) is 0.667. The van der Waals surface area contributed by atoms with E-state index >= 15 is 0 Å². The maximum Gasteiger partial charge on any atom is 0.251 e. The van der Waals surface area contributed by atoms with Gasteiger partial charge in [0.25, 0.3) is 5.91 Å². The van der Waals surface area contributed by atoms with Crippen LogP contribution in [0.2, 0.25) is 0 Å². The van der Waals surface area contributed by atoms with Crippen molar-refractivity contribution in [2.24, 2.45) is 0 Å². The number of aromatic nitrogens is 2. The predicted molar refractivity (Wildman–Crippen MR) is 100 cm³/mol. The highest BCUT2D eigenvalue weighted by Gasteiger charge is 2.11. The van der Waals surface area contributed by atoms with Crippen molar-refractivity contribution in [3.63, 3.8) is 0 Å². The van der Waals surface area contributed by atoms with Crippen LogP contribution in [-0.4, -0.2) is 28.6 Å². The molecule has 126 valence electrons. The van der Waals surface area contributed by atoms with Gasteiger partial charge in [-0.2, -0.15) is 0 Å². The first kappa shape index (κ1) is 17.2. The van der Waals surface area contributed by atoms with Crippen molar-refractivity contribution in [3.8, 4) is 10.6 Å². The molecule has 0 aliphatic rings. The van der Waals surface area contributed by atoms with Gasteiger partial charge in [-0.15, -0.1) is 10.2 Å². The number of nitrogens with zero attached hydrogens (tertiary/aromatic N) is 2. The molecule has 3 rings (SSSR count). The fraction of sp³-hybridized carbons (Fsp3) is 0.0588. The van der Waals surface area contributed by atoms with E-state index in [1.165, 1.54) is 11.3 Å². The Morgan fingerprint density at radius 1 is 1.04 bits per heavy atom. The molecule has 0 saturated carbocycles. The zero-order chi connectivity index (χ0) is 17.6. The van der Waals surface area contributed by atoms with Crippen molar-refractivity contribution >= 4 is 44.2 Å². The van der Waals surface area contributed by atoms with E-state index in [2.05, 4.69) is 36.8 Å². The number of anilines is 1. The lowest BCUT2D eigenvalue weighted by molar-refractivity contribution is -0.115. The summed E-state index contributed by atoms with van der Waals surface area (Å²) in [4.78, 5) is 24.0. The summed E-state index contributed by atoms with van der Waals surface area (Å²) >= 11 is 4.58. The minimum Gasteiger partial charge on any atom is -0.343 e. The van der Waals surface area contributed by atoms with E-state index in [1.54, 1.807) is 18.2 Å². The number of amides is 2. The Kier molecular flexibility index (Phi) is 5.52. The molecule has 0 fully saturated rings. The third-order valence-electron chi connectivity index (χ3n) is 3.19. The van der Waals surface area contributed by atoms with E-state index in [1.807, 2.05) is 36.4 Å². The van der Waals surface area contributed by atoms with Gasteiger partial charge in [-0.25, -0.2) is 0 Å². The SMILES string of the molecule is O=C(CNC(=O)c1cccc(Br)c1)Nc1nnc(-c2ccccc2)s1. The van der Waals surface area contributed by atoms with Gasteiger partial charge in [0.15, 0.2) is 0 Å². The molecular formula is C17H13BrN4O2S. The summed E-state index contributed by atoms with van der Waals surface area (Å²) in [7, 11) is 0. The number of carbonyl (C=O) groups is 2. The molecule has 2 aromatic carbocycles. The van der Waals surface area contributed by atoms with Gasteiger partial charge in [-0.05, 0) is 18.2 Å². The molecular weight excluding hydrogens is 404 g/mol. The molecule has 2 N–H and O–H groups in total. The van der Waals surface area contributed by atoms with E-state index < -0.39 is 0 Å². The highest BCUT2D eigenvalue weighted by Crippen LogP contribution is 2.25. The number of carbonyl (C=O) groups excluding carboxylic acids is 2. The van der Waals surface area contributed by atoms with E-state index in [4.69, 9.17) is 0 Å². The average Bonchev–Trinajstić information content (AvgIpc) is 3.09. The monoisotopic (exact) mass is 416 g/mol. The van der Waals surface area contributed by atoms with E-state index in [9.17, 15) is 9.59 Å². The van der Waals surface area contributed by atoms with E-state index in [0.29, 0.717) is 15.7 Å². The fourth-order valence-corrected chi connectivity index (χ4v) is 3.19. The minimum absolute atomic E-state index is 0.147. The van der Waals surface area contributed by atoms with Crippen LogP contribution in [0.25, 0.3) is 10.6 Å². The maximum absolute atomic E-state index is 12.0. The van der Waals surface area contributed by atoms with Crippen LogP contribution >= 0.6 is 27.3 Å². The third-order valence-corrected chi connectivity index (χ3v) is 4.57. The first-order chi connectivity index (χ1) is 12.1. The standard InChI is InChI=1S/C17H13BrN4O2S/c18-13-8-4-7-12(9-13)15(24)19-10-14(23)20-17-22-21-16(25-17)11-5-2-1-3-6-11/h1-9H,10H2,(H,19,24)(H,20,22,23). The normalized spacial score (nSPS) is 10.3. The van der Waals surface area contributed by atoms with E-state index in [-0.39, 0.29) is 18.4 Å². The number of rotatable bonds is 5. The molecule has 0 spiro atoms. The molecule has 0 unspecified atom stereocenters. The van der Waals surface area contributed by atoms with Crippen molar-refractivity contribution in [2.45, 2.75) is 0 Å². The van der Waals surface area contributed by atoms with Crippen LogP contribution in [0.5, 0.6) is 0 Å². The number of hydrogen-bond donors (Lipinski definition) is 2. The minimum atomic E-state index is -0.362. The lowest BCUT2D eigenvalue weighted by Gasteiger charge is -2.05. The Balaban J connectivity index is 1.55. The van der Waals surface area contributed by atoms with Crippen molar-refractivity contribution in [3.05, 3.63) is 64.6 Å². The lowest BCUT2D eigenvalue weighted by atomic mass is 10.2. The van der Waals surface area contributed by atoms with Crippen LogP contribution in [0.4, 0.5) is 5.13 Å². The number of nitrogens with one attached hydrogen (secondary N) is 2. The number of benzene rings is 2.